The number of hydrogen-bond acceptors (Lipinski definition) is 6. The SMILES string of the molecule is COc1cc2c(cc1O)C(C)(CC(=O)Nc1nccs1)NCC2. The van der Waals surface area contributed by atoms with E-state index in [1.165, 1.54) is 18.4 Å². The van der Waals surface area contributed by atoms with E-state index in [9.17, 15) is 9.90 Å². The van der Waals surface area contributed by atoms with Crippen molar-refractivity contribution in [3.63, 3.8) is 0 Å². The summed E-state index contributed by atoms with van der Waals surface area (Å²) >= 11 is 1.39. The van der Waals surface area contributed by atoms with Crippen molar-refractivity contribution < 1.29 is 14.6 Å². The lowest BCUT2D eigenvalue weighted by Gasteiger charge is -2.37. The third kappa shape index (κ3) is 3.16. The Hall–Kier alpha value is -2.12. The topological polar surface area (TPSA) is 83.5 Å². The van der Waals surface area contributed by atoms with E-state index in [1.807, 2.05) is 18.4 Å². The van der Waals surface area contributed by atoms with Crippen molar-refractivity contribution in [2.75, 3.05) is 19.0 Å². The van der Waals surface area contributed by atoms with Gasteiger partial charge in [0.05, 0.1) is 7.11 Å². The average Bonchev–Trinajstić information content (AvgIpc) is 3.00. The maximum Gasteiger partial charge on any atom is 0.228 e. The largest absolute Gasteiger partial charge is 0.504 e. The van der Waals surface area contributed by atoms with Crippen molar-refractivity contribution in [3.05, 3.63) is 34.8 Å². The lowest BCUT2D eigenvalue weighted by atomic mass is 9.81. The van der Waals surface area contributed by atoms with Crippen LogP contribution in [0.2, 0.25) is 0 Å². The molecule has 1 unspecified atom stereocenters. The molecule has 3 N–H and O–H groups in total. The second-order valence-corrected chi connectivity index (χ2v) is 6.65. The number of carbonyl (C=O) groups is 1. The minimum atomic E-state index is -0.543. The Morgan fingerprint density at radius 3 is 3.09 bits per heavy atom. The normalized spacial score (nSPS) is 19.9. The monoisotopic (exact) mass is 333 g/mol. The van der Waals surface area contributed by atoms with E-state index < -0.39 is 5.54 Å². The summed E-state index contributed by atoms with van der Waals surface area (Å²) in [6.07, 6.45) is 2.74. The van der Waals surface area contributed by atoms with Gasteiger partial charge in [-0.3, -0.25) is 4.79 Å². The molecule has 1 aliphatic heterocycles. The molecule has 6 nitrogen and oxygen atoms in total. The number of nitrogens with zero attached hydrogens (tertiary/aromatic N) is 1. The van der Waals surface area contributed by atoms with E-state index in [0.717, 1.165) is 24.1 Å². The van der Waals surface area contributed by atoms with Crippen LogP contribution in [0.15, 0.2) is 23.7 Å². The molecule has 7 heteroatoms. The number of methoxy groups -OCH3 is 1. The maximum absolute atomic E-state index is 12.3. The minimum Gasteiger partial charge on any atom is -0.504 e. The second kappa shape index (κ2) is 6.17. The first-order valence-corrected chi connectivity index (χ1v) is 8.24. The summed E-state index contributed by atoms with van der Waals surface area (Å²) in [5.41, 5.74) is 1.47. The highest BCUT2D eigenvalue weighted by molar-refractivity contribution is 7.13. The Kier molecular flexibility index (Phi) is 4.23. The fourth-order valence-electron chi connectivity index (χ4n) is 2.99. The molecule has 122 valence electrons. The zero-order chi connectivity index (χ0) is 16.4. The smallest absolute Gasteiger partial charge is 0.228 e. The fraction of sp³-hybridized carbons (Fsp3) is 0.375. The molecule has 1 amide bonds. The van der Waals surface area contributed by atoms with Crippen molar-refractivity contribution in [1.82, 2.24) is 10.3 Å². The highest BCUT2D eigenvalue weighted by Crippen LogP contribution is 2.38. The summed E-state index contributed by atoms with van der Waals surface area (Å²) in [7, 11) is 1.53. The zero-order valence-corrected chi connectivity index (χ0v) is 13.9. The van der Waals surface area contributed by atoms with Crippen LogP contribution in [0.25, 0.3) is 0 Å². The minimum absolute atomic E-state index is 0.0847. The molecule has 0 radical (unpaired) electrons. The number of ether oxygens (including phenoxy) is 1. The van der Waals surface area contributed by atoms with E-state index in [4.69, 9.17) is 4.74 Å². The van der Waals surface area contributed by atoms with E-state index in [1.54, 1.807) is 12.3 Å². The molecular formula is C16H19N3O3S. The number of carbonyl (C=O) groups excluding carboxylic acids is 1. The molecule has 23 heavy (non-hydrogen) atoms. The van der Waals surface area contributed by atoms with Gasteiger partial charge in [0, 0.05) is 30.1 Å². The summed E-state index contributed by atoms with van der Waals surface area (Å²) < 4.78 is 5.17. The molecule has 3 rings (SSSR count). The van der Waals surface area contributed by atoms with Gasteiger partial charge in [0.25, 0.3) is 0 Å². The predicted octanol–water partition coefficient (Wildman–Crippen LogP) is 2.25. The lowest BCUT2D eigenvalue weighted by molar-refractivity contribution is -0.117. The number of amides is 1. The van der Waals surface area contributed by atoms with Gasteiger partial charge in [-0.25, -0.2) is 4.98 Å². The number of fused-ring (bicyclic) bond motifs is 1. The number of rotatable bonds is 4. The molecular weight excluding hydrogens is 314 g/mol. The van der Waals surface area contributed by atoms with Crippen LogP contribution in [0.1, 0.15) is 24.5 Å². The molecule has 0 saturated carbocycles. The van der Waals surface area contributed by atoms with Crippen LogP contribution in [-0.4, -0.2) is 29.7 Å². The van der Waals surface area contributed by atoms with E-state index in [-0.39, 0.29) is 18.1 Å². The van der Waals surface area contributed by atoms with Gasteiger partial charge < -0.3 is 20.5 Å². The number of benzene rings is 1. The molecule has 1 aromatic carbocycles. The van der Waals surface area contributed by atoms with Crippen LogP contribution < -0.4 is 15.4 Å². The first-order valence-electron chi connectivity index (χ1n) is 7.36. The zero-order valence-electron chi connectivity index (χ0n) is 13.0. The van der Waals surface area contributed by atoms with Gasteiger partial charge >= 0.3 is 0 Å². The molecule has 2 heterocycles. The number of thiazole rings is 1. The molecule has 1 atom stereocenters. The van der Waals surface area contributed by atoms with E-state index >= 15 is 0 Å². The Labute approximate surface area is 138 Å². The molecule has 1 aromatic heterocycles. The van der Waals surface area contributed by atoms with Gasteiger partial charge in [-0.2, -0.15) is 0 Å². The van der Waals surface area contributed by atoms with Crippen molar-refractivity contribution in [1.29, 1.82) is 0 Å². The first kappa shape index (κ1) is 15.8. The first-order chi connectivity index (χ1) is 11.0. The summed E-state index contributed by atoms with van der Waals surface area (Å²) in [6.45, 7) is 2.74. The molecule has 0 fully saturated rings. The highest BCUT2D eigenvalue weighted by Gasteiger charge is 2.35. The number of aromatic hydroxyl groups is 1. The number of phenolic OH excluding ortho intramolecular Hbond substituents is 1. The quantitative estimate of drug-likeness (QED) is 0.799. The molecule has 0 aliphatic carbocycles. The molecule has 0 spiro atoms. The van der Waals surface area contributed by atoms with Crippen LogP contribution in [0, 0.1) is 0 Å². The third-order valence-electron chi connectivity index (χ3n) is 4.10. The Balaban J connectivity index is 1.85. The van der Waals surface area contributed by atoms with Gasteiger partial charge in [0.2, 0.25) is 5.91 Å². The van der Waals surface area contributed by atoms with Gasteiger partial charge in [-0.15, -0.1) is 11.3 Å². The van der Waals surface area contributed by atoms with E-state index in [2.05, 4.69) is 15.6 Å². The number of aromatic nitrogens is 1. The summed E-state index contributed by atoms with van der Waals surface area (Å²) in [6, 6.07) is 3.54. The third-order valence-corrected chi connectivity index (χ3v) is 4.79. The second-order valence-electron chi connectivity index (χ2n) is 5.75. The van der Waals surface area contributed by atoms with Gasteiger partial charge in [0.1, 0.15) is 0 Å². The van der Waals surface area contributed by atoms with Crippen LogP contribution >= 0.6 is 11.3 Å². The van der Waals surface area contributed by atoms with Crippen LogP contribution in [0.5, 0.6) is 11.5 Å². The molecule has 0 saturated heterocycles. The van der Waals surface area contributed by atoms with Gasteiger partial charge in [-0.05, 0) is 36.6 Å². The maximum atomic E-state index is 12.3. The van der Waals surface area contributed by atoms with Crippen LogP contribution in [0.3, 0.4) is 0 Å². The number of hydrogen-bond donors (Lipinski definition) is 3. The van der Waals surface area contributed by atoms with Gasteiger partial charge in [-0.1, -0.05) is 0 Å². The number of anilines is 1. The molecule has 1 aliphatic rings. The fourth-order valence-corrected chi connectivity index (χ4v) is 3.54. The number of phenols is 1. The van der Waals surface area contributed by atoms with Gasteiger partial charge in [0.15, 0.2) is 16.6 Å². The Bertz CT molecular complexity index is 718. The summed E-state index contributed by atoms with van der Waals surface area (Å²) in [5, 5.41) is 18.7. The summed E-state index contributed by atoms with van der Waals surface area (Å²) in [5.74, 6) is 0.430. The van der Waals surface area contributed by atoms with Crippen molar-refractivity contribution in [3.8, 4) is 11.5 Å². The Morgan fingerprint density at radius 1 is 1.57 bits per heavy atom. The Morgan fingerprint density at radius 2 is 2.39 bits per heavy atom. The molecule has 2 aromatic rings. The average molecular weight is 333 g/mol. The summed E-state index contributed by atoms with van der Waals surface area (Å²) in [4.78, 5) is 16.4. The lowest BCUT2D eigenvalue weighted by Crippen LogP contribution is -2.47. The van der Waals surface area contributed by atoms with Crippen molar-refractivity contribution >= 4 is 22.4 Å². The van der Waals surface area contributed by atoms with Crippen LogP contribution in [-0.2, 0) is 16.8 Å². The standard InChI is InChI=1S/C16H19N3O3S/c1-16(9-14(21)19-15-17-5-6-23-15)11-8-12(20)13(22-2)7-10(11)3-4-18-16/h5-8,18,20H,3-4,9H2,1-2H3,(H,17,19,21). The van der Waals surface area contributed by atoms with Crippen molar-refractivity contribution in [2.24, 2.45) is 0 Å². The van der Waals surface area contributed by atoms with E-state index in [0.29, 0.717) is 10.9 Å². The van der Waals surface area contributed by atoms with Crippen LogP contribution in [0.4, 0.5) is 5.13 Å². The number of nitrogens with one attached hydrogen (secondary N) is 2. The molecule has 0 bridgehead atoms. The highest BCUT2D eigenvalue weighted by atomic mass is 32.1. The van der Waals surface area contributed by atoms with Crippen molar-refractivity contribution in [2.45, 2.75) is 25.3 Å². The predicted molar refractivity (Wildman–Crippen MR) is 89.1 cm³/mol.